The normalized spacial score (nSPS) is 13.9. The van der Waals surface area contributed by atoms with Gasteiger partial charge in [0.05, 0.1) is 0 Å². The maximum Gasteiger partial charge on any atom is 0.437 e. The Morgan fingerprint density at radius 2 is 1.39 bits per heavy atom. The van der Waals surface area contributed by atoms with Crippen LogP contribution >= 0.6 is 0 Å². The number of hydrogen-bond donors (Lipinski definition) is 0. The van der Waals surface area contributed by atoms with Crippen LogP contribution in [0.2, 0.25) is 0 Å². The van der Waals surface area contributed by atoms with Crippen LogP contribution in [0.3, 0.4) is 0 Å². The molecule has 0 saturated carbocycles. The first kappa shape index (κ1) is 24.6. The number of rotatable bonds is 6. The second-order valence-corrected chi connectivity index (χ2v) is 7.76. The van der Waals surface area contributed by atoms with Gasteiger partial charge in [0.2, 0.25) is 5.82 Å². The van der Waals surface area contributed by atoms with Crippen molar-refractivity contribution in [3.05, 3.63) is 64.5 Å². The van der Waals surface area contributed by atoms with Crippen LogP contribution in [0.1, 0.15) is 37.3 Å². The minimum absolute atomic E-state index is 0.00572. The van der Waals surface area contributed by atoms with Crippen molar-refractivity contribution in [1.29, 1.82) is 0 Å². The zero-order valence-corrected chi connectivity index (χ0v) is 16.5. The maximum atomic E-state index is 13.7. The van der Waals surface area contributed by atoms with Crippen molar-refractivity contribution in [3.63, 3.8) is 0 Å². The molecule has 1 atom stereocenters. The van der Waals surface area contributed by atoms with Crippen LogP contribution in [-0.4, -0.2) is 20.3 Å². The standard InChI is InChI=1S/C18H13F8NO3S/c1-3-8(2)9-4-6-10(7-5-9)17(18(24,25)26)27-30-31(28,29)16-14(22)12(20)11(19)13(21)15(16)23/h4-8H,3H2,1-2H3/b27-17+. The number of halogens is 8. The zero-order valence-electron chi connectivity index (χ0n) is 15.7. The Balaban J connectivity index is 2.53. The van der Waals surface area contributed by atoms with E-state index in [0.29, 0.717) is 12.0 Å². The highest BCUT2D eigenvalue weighted by Gasteiger charge is 2.40. The fraction of sp³-hybridized carbons (Fsp3) is 0.278. The highest BCUT2D eigenvalue weighted by molar-refractivity contribution is 7.86. The molecule has 0 bridgehead atoms. The van der Waals surface area contributed by atoms with Gasteiger partial charge in [0.25, 0.3) is 0 Å². The Bertz CT molecular complexity index is 1080. The van der Waals surface area contributed by atoms with E-state index in [2.05, 4.69) is 9.44 Å². The summed E-state index contributed by atoms with van der Waals surface area (Å²) in [6.45, 7) is 3.66. The monoisotopic (exact) mass is 475 g/mol. The Labute approximate surface area is 171 Å². The molecule has 0 saturated heterocycles. The van der Waals surface area contributed by atoms with Crippen molar-refractivity contribution in [2.75, 3.05) is 0 Å². The van der Waals surface area contributed by atoms with Gasteiger partial charge >= 0.3 is 16.3 Å². The van der Waals surface area contributed by atoms with Gasteiger partial charge in [-0.3, -0.25) is 4.28 Å². The van der Waals surface area contributed by atoms with Crippen LogP contribution in [-0.2, 0) is 14.4 Å². The molecule has 2 aromatic rings. The summed E-state index contributed by atoms with van der Waals surface area (Å²) in [4.78, 5) is -2.47. The van der Waals surface area contributed by atoms with E-state index in [1.165, 1.54) is 12.1 Å². The Hall–Kier alpha value is -2.70. The van der Waals surface area contributed by atoms with Gasteiger partial charge in [-0.25, -0.2) is 22.0 Å². The molecule has 4 nitrogen and oxygen atoms in total. The van der Waals surface area contributed by atoms with Gasteiger partial charge in [-0.1, -0.05) is 43.3 Å². The van der Waals surface area contributed by atoms with Gasteiger partial charge < -0.3 is 0 Å². The fourth-order valence-corrected chi connectivity index (χ4v) is 3.27. The smallest absolute Gasteiger partial charge is 0.264 e. The summed E-state index contributed by atoms with van der Waals surface area (Å²) in [5, 5.41) is 2.40. The summed E-state index contributed by atoms with van der Waals surface area (Å²) in [5.74, 6) is -13.5. The third-order valence-electron chi connectivity index (χ3n) is 4.28. The summed E-state index contributed by atoms with van der Waals surface area (Å²) in [6.07, 6.45) is -4.60. The molecule has 0 fully saturated rings. The molecule has 13 heteroatoms. The molecular weight excluding hydrogens is 462 g/mol. The highest BCUT2D eigenvalue weighted by atomic mass is 32.2. The Kier molecular flexibility index (Phi) is 6.98. The first-order chi connectivity index (χ1) is 14.2. The van der Waals surface area contributed by atoms with E-state index >= 15 is 0 Å². The minimum Gasteiger partial charge on any atom is -0.264 e. The minimum atomic E-state index is -5.96. The average Bonchev–Trinajstić information content (AvgIpc) is 2.69. The molecule has 0 N–H and O–H groups in total. The van der Waals surface area contributed by atoms with E-state index in [9.17, 15) is 43.5 Å². The molecule has 0 spiro atoms. The third kappa shape index (κ3) is 4.97. The van der Waals surface area contributed by atoms with Gasteiger partial charge in [0, 0.05) is 5.56 Å². The topological polar surface area (TPSA) is 55.7 Å². The van der Waals surface area contributed by atoms with Gasteiger partial charge in [0.1, 0.15) is 0 Å². The van der Waals surface area contributed by atoms with E-state index in [1.807, 2.05) is 13.8 Å². The summed E-state index contributed by atoms with van der Waals surface area (Å²) in [7, 11) is -5.96. The number of oxime groups is 1. The predicted octanol–water partition coefficient (Wildman–Crippen LogP) is 5.57. The lowest BCUT2D eigenvalue weighted by Gasteiger charge is -2.13. The molecule has 170 valence electrons. The van der Waals surface area contributed by atoms with Crippen molar-refractivity contribution in [3.8, 4) is 0 Å². The lowest BCUT2D eigenvalue weighted by molar-refractivity contribution is -0.0597. The fourth-order valence-electron chi connectivity index (χ4n) is 2.40. The quantitative estimate of drug-likeness (QED) is 0.181. The number of hydrogen-bond acceptors (Lipinski definition) is 4. The Morgan fingerprint density at radius 1 is 0.935 bits per heavy atom. The lowest BCUT2D eigenvalue weighted by atomic mass is 9.97. The number of benzene rings is 2. The van der Waals surface area contributed by atoms with Crippen LogP contribution in [0.4, 0.5) is 35.1 Å². The summed E-state index contributed by atoms with van der Waals surface area (Å²) in [5.41, 5.74) is -1.90. The second-order valence-electron chi connectivity index (χ2n) is 6.30. The second kappa shape index (κ2) is 8.81. The molecule has 0 aliphatic heterocycles. The van der Waals surface area contributed by atoms with Gasteiger partial charge in [-0.2, -0.15) is 21.6 Å². The Morgan fingerprint density at radius 3 is 1.81 bits per heavy atom. The van der Waals surface area contributed by atoms with Crippen LogP contribution in [0, 0.1) is 29.1 Å². The highest BCUT2D eigenvalue weighted by Crippen LogP contribution is 2.30. The molecule has 0 aliphatic carbocycles. The molecule has 0 heterocycles. The lowest BCUT2D eigenvalue weighted by Crippen LogP contribution is -2.25. The van der Waals surface area contributed by atoms with Crippen molar-refractivity contribution in [2.45, 2.75) is 37.3 Å². The van der Waals surface area contributed by atoms with Crippen molar-refractivity contribution < 1.29 is 47.8 Å². The largest absolute Gasteiger partial charge is 0.437 e. The van der Waals surface area contributed by atoms with Crippen LogP contribution in [0.5, 0.6) is 0 Å². The zero-order chi connectivity index (χ0) is 23.7. The molecule has 1 unspecified atom stereocenters. The maximum absolute atomic E-state index is 13.7. The van der Waals surface area contributed by atoms with E-state index < -0.39 is 61.6 Å². The van der Waals surface area contributed by atoms with Crippen LogP contribution < -0.4 is 0 Å². The van der Waals surface area contributed by atoms with E-state index in [1.54, 1.807) is 0 Å². The van der Waals surface area contributed by atoms with E-state index in [4.69, 9.17) is 0 Å². The molecular formula is C18H13F8NO3S. The van der Waals surface area contributed by atoms with E-state index in [-0.39, 0.29) is 5.92 Å². The number of nitrogens with zero attached hydrogens (tertiary/aromatic N) is 1. The van der Waals surface area contributed by atoms with Crippen molar-refractivity contribution >= 4 is 15.8 Å². The van der Waals surface area contributed by atoms with Crippen molar-refractivity contribution in [1.82, 2.24) is 0 Å². The molecule has 2 rings (SSSR count). The van der Waals surface area contributed by atoms with Crippen LogP contribution in [0.25, 0.3) is 0 Å². The first-order valence-electron chi connectivity index (χ1n) is 8.42. The SMILES string of the molecule is CCC(C)c1ccc(/C(=N\OS(=O)(=O)c2c(F)c(F)c(F)c(F)c2F)C(F)(F)F)cc1. The molecule has 0 radical (unpaired) electrons. The molecule has 2 aromatic carbocycles. The summed E-state index contributed by atoms with van der Waals surface area (Å²) >= 11 is 0. The molecule has 0 amide bonds. The molecule has 0 aliphatic rings. The average molecular weight is 475 g/mol. The third-order valence-corrected chi connectivity index (χ3v) is 5.41. The molecule has 0 aromatic heterocycles. The summed E-state index contributed by atoms with van der Waals surface area (Å²) < 4.78 is 134. The van der Waals surface area contributed by atoms with Gasteiger partial charge in [-0.05, 0) is 17.9 Å². The van der Waals surface area contributed by atoms with Crippen molar-refractivity contribution in [2.24, 2.45) is 5.16 Å². The van der Waals surface area contributed by atoms with Gasteiger partial charge in [-0.15, -0.1) is 0 Å². The summed E-state index contributed by atoms with van der Waals surface area (Å²) in [6, 6.07) is 4.57. The number of alkyl halides is 3. The van der Waals surface area contributed by atoms with Gasteiger partial charge in [0.15, 0.2) is 33.9 Å². The van der Waals surface area contributed by atoms with E-state index in [0.717, 1.165) is 12.1 Å². The van der Waals surface area contributed by atoms with Crippen LogP contribution in [0.15, 0.2) is 34.3 Å². The first-order valence-corrected chi connectivity index (χ1v) is 9.83. The molecule has 31 heavy (non-hydrogen) atoms. The predicted molar refractivity (Wildman–Crippen MR) is 92.2 cm³/mol.